The van der Waals surface area contributed by atoms with Gasteiger partial charge in [0.05, 0.1) is 10.7 Å². The van der Waals surface area contributed by atoms with Gasteiger partial charge in [-0.15, -0.1) is 0 Å². The third kappa shape index (κ3) is 2.56. The Balaban J connectivity index is 2.39. The van der Waals surface area contributed by atoms with Crippen molar-refractivity contribution in [3.8, 4) is 5.69 Å². The molecule has 1 heterocycles. The number of nitrogens with zero attached hydrogens (tertiary/aromatic N) is 2. The lowest BCUT2D eigenvalue weighted by molar-refractivity contribution is -0.116. The number of halogens is 1. The highest BCUT2D eigenvalue weighted by atomic mass is 35.5. The largest absolute Gasteiger partial charge is 0.302 e. The first-order valence-corrected chi connectivity index (χ1v) is 5.74. The van der Waals surface area contributed by atoms with Crippen LogP contribution < -0.4 is 0 Å². The molecule has 0 atom stereocenters. The van der Waals surface area contributed by atoms with Crippen LogP contribution >= 0.6 is 11.6 Å². The van der Waals surface area contributed by atoms with Gasteiger partial charge < -0.3 is 4.57 Å². The fourth-order valence-corrected chi connectivity index (χ4v) is 2.07. The predicted molar refractivity (Wildman–Crippen MR) is 67.7 cm³/mol. The van der Waals surface area contributed by atoms with Gasteiger partial charge in [-0.25, -0.2) is 4.98 Å². The summed E-state index contributed by atoms with van der Waals surface area (Å²) in [5.74, 6) is 1.01. The lowest BCUT2D eigenvalue weighted by atomic mass is 10.1. The highest BCUT2D eigenvalue weighted by Crippen LogP contribution is 2.23. The third-order valence-corrected chi connectivity index (χ3v) is 2.85. The summed E-state index contributed by atoms with van der Waals surface area (Å²) in [5.41, 5.74) is 1.82. The van der Waals surface area contributed by atoms with Crippen LogP contribution in [-0.4, -0.2) is 15.3 Å². The lowest BCUT2D eigenvalue weighted by Gasteiger charge is -2.08. The van der Waals surface area contributed by atoms with Crippen molar-refractivity contribution in [3.05, 3.63) is 47.0 Å². The topological polar surface area (TPSA) is 34.9 Å². The van der Waals surface area contributed by atoms with Crippen molar-refractivity contribution >= 4 is 17.4 Å². The van der Waals surface area contributed by atoms with Gasteiger partial charge in [0.1, 0.15) is 11.6 Å². The SMILES string of the molecule is CC(=O)Cc1ccc(-n2ccnc2C)c(Cl)c1. The number of carbonyl (C=O) groups excluding carboxylic acids is 1. The summed E-state index contributed by atoms with van der Waals surface area (Å²) in [6.45, 7) is 3.49. The Labute approximate surface area is 105 Å². The van der Waals surface area contributed by atoms with E-state index in [-0.39, 0.29) is 5.78 Å². The summed E-state index contributed by atoms with van der Waals surface area (Å²) in [4.78, 5) is 15.2. The predicted octanol–water partition coefficient (Wildman–Crippen LogP) is 2.97. The zero-order chi connectivity index (χ0) is 12.4. The van der Waals surface area contributed by atoms with E-state index in [9.17, 15) is 4.79 Å². The molecule has 2 rings (SSSR count). The molecule has 0 unspecified atom stereocenters. The molecule has 0 aliphatic carbocycles. The van der Waals surface area contributed by atoms with Gasteiger partial charge in [0.2, 0.25) is 0 Å². The molecule has 88 valence electrons. The van der Waals surface area contributed by atoms with Gasteiger partial charge in [-0.05, 0) is 31.5 Å². The number of rotatable bonds is 3. The van der Waals surface area contributed by atoms with Gasteiger partial charge in [0.15, 0.2) is 0 Å². The van der Waals surface area contributed by atoms with E-state index in [1.165, 1.54) is 0 Å². The Bertz CT molecular complexity index is 560. The molecule has 2 aromatic rings. The van der Waals surface area contributed by atoms with Crippen molar-refractivity contribution in [1.82, 2.24) is 9.55 Å². The van der Waals surface area contributed by atoms with Crippen LogP contribution in [0.2, 0.25) is 5.02 Å². The highest BCUT2D eigenvalue weighted by Gasteiger charge is 2.07. The lowest BCUT2D eigenvalue weighted by Crippen LogP contribution is -2.00. The maximum Gasteiger partial charge on any atom is 0.134 e. The summed E-state index contributed by atoms with van der Waals surface area (Å²) >= 11 is 6.22. The minimum Gasteiger partial charge on any atom is -0.302 e. The summed E-state index contributed by atoms with van der Waals surface area (Å²) in [6, 6.07) is 5.66. The maximum atomic E-state index is 11.0. The molecule has 0 saturated heterocycles. The van der Waals surface area contributed by atoms with Crippen LogP contribution in [0.25, 0.3) is 5.69 Å². The summed E-state index contributed by atoms with van der Waals surface area (Å²) < 4.78 is 1.92. The molecule has 1 aromatic heterocycles. The molecule has 1 aromatic carbocycles. The van der Waals surface area contributed by atoms with Crippen LogP contribution in [-0.2, 0) is 11.2 Å². The normalized spacial score (nSPS) is 10.5. The zero-order valence-electron chi connectivity index (χ0n) is 9.77. The van der Waals surface area contributed by atoms with Crippen molar-refractivity contribution in [3.63, 3.8) is 0 Å². The van der Waals surface area contributed by atoms with Crippen LogP contribution in [0, 0.1) is 6.92 Å². The number of Topliss-reactive ketones (excluding diaryl/α,β-unsaturated/α-hetero) is 1. The molecule has 3 nitrogen and oxygen atoms in total. The van der Waals surface area contributed by atoms with Gasteiger partial charge >= 0.3 is 0 Å². The van der Waals surface area contributed by atoms with Crippen molar-refractivity contribution < 1.29 is 4.79 Å². The van der Waals surface area contributed by atoms with Crippen LogP contribution in [0.5, 0.6) is 0 Å². The summed E-state index contributed by atoms with van der Waals surface area (Å²) in [6.07, 6.45) is 4.01. The van der Waals surface area contributed by atoms with Crippen molar-refractivity contribution in [1.29, 1.82) is 0 Å². The van der Waals surface area contributed by atoms with Gasteiger partial charge in [-0.2, -0.15) is 0 Å². The Morgan fingerprint density at radius 3 is 2.76 bits per heavy atom. The number of aryl methyl sites for hydroxylation is 1. The molecule has 0 bridgehead atoms. The molecule has 0 aliphatic rings. The number of ketones is 1. The second-order valence-electron chi connectivity index (χ2n) is 4.01. The molecular weight excluding hydrogens is 236 g/mol. The summed E-state index contributed by atoms with van der Waals surface area (Å²) in [7, 11) is 0. The van der Waals surface area contributed by atoms with Crippen molar-refractivity contribution in [2.75, 3.05) is 0 Å². The number of hydrogen-bond donors (Lipinski definition) is 0. The van der Waals surface area contributed by atoms with E-state index >= 15 is 0 Å². The van der Waals surface area contributed by atoms with Gasteiger partial charge in [0.25, 0.3) is 0 Å². The van der Waals surface area contributed by atoms with Crippen LogP contribution in [0.1, 0.15) is 18.3 Å². The van der Waals surface area contributed by atoms with E-state index in [1.54, 1.807) is 13.1 Å². The van der Waals surface area contributed by atoms with Crippen molar-refractivity contribution in [2.45, 2.75) is 20.3 Å². The first-order valence-electron chi connectivity index (χ1n) is 5.36. The maximum absolute atomic E-state index is 11.0. The molecule has 0 fully saturated rings. The molecule has 0 radical (unpaired) electrons. The van der Waals surface area contributed by atoms with E-state index in [0.717, 1.165) is 17.1 Å². The average Bonchev–Trinajstić information content (AvgIpc) is 2.64. The first-order chi connectivity index (χ1) is 8.08. The van der Waals surface area contributed by atoms with E-state index in [0.29, 0.717) is 11.4 Å². The van der Waals surface area contributed by atoms with Crippen LogP contribution in [0.4, 0.5) is 0 Å². The molecule has 0 amide bonds. The second kappa shape index (κ2) is 4.72. The Morgan fingerprint density at radius 1 is 1.47 bits per heavy atom. The molecule has 17 heavy (non-hydrogen) atoms. The van der Waals surface area contributed by atoms with E-state index in [1.807, 2.05) is 35.9 Å². The number of aromatic nitrogens is 2. The monoisotopic (exact) mass is 248 g/mol. The van der Waals surface area contributed by atoms with Crippen molar-refractivity contribution in [2.24, 2.45) is 0 Å². The minimum atomic E-state index is 0.132. The first kappa shape index (κ1) is 11.9. The fourth-order valence-electron chi connectivity index (χ4n) is 1.78. The molecule has 0 saturated carbocycles. The Morgan fingerprint density at radius 2 is 2.24 bits per heavy atom. The molecular formula is C13H13ClN2O. The number of benzene rings is 1. The summed E-state index contributed by atoms with van der Waals surface area (Å²) in [5, 5.41) is 0.629. The Hall–Kier alpha value is -1.61. The molecule has 0 N–H and O–H groups in total. The van der Waals surface area contributed by atoms with E-state index < -0.39 is 0 Å². The average molecular weight is 249 g/mol. The van der Waals surface area contributed by atoms with Gasteiger partial charge in [-0.1, -0.05) is 17.7 Å². The highest BCUT2D eigenvalue weighted by molar-refractivity contribution is 6.32. The quantitative estimate of drug-likeness (QED) is 0.837. The van der Waals surface area contributed by atoms with Gasteiger partial charge in [-0.3, -0.25) is 4.79 Å². The number of carbonyl (C=O) groups is 1. The molecule has 0 spiro atoms. The number of hydrogen-bond acceptors (Lipinski definition) is 2. The van der Waals surface area contributed by atoms with Crippen LogP contribution in [0.3, 0.4) is 0 Å². The van der Waals surface area contributed by atoms with Crippen LogP contribution in [0.15, 0.2) is 30.6 Å². The second-order valence-corrected chi connectivity index (χ2v) is 4.42. The van der Waals surface area contributed by atoms with E-state index in [2.05, 4.69) is 4.98 Å². The molecule has 0 aliphatic heterocycles. The third-order valence-electron chi connectivity index (χ3n) is 2.55. The molecule has 4 heteroatoms. The van der Waals surface area contributed by atoms with E-state index in [4.69, 9.17) is 11.6 Å². The standard InChI is InChI=1S/C13H13ClN2O/c1-9(17)7-11-3-4-13(12(14)8-11)16-6-5-15-10(16)2/h3-6,8H,7H2,1-2H3. The fraction of sp³-hybridized carbons (Fsp3) is 0.231. The van der Waals surface area contributed by atoms with Gasteiger partial charge in [0, 0.05) is 18.8 Å². The Kier molecular flexibility index (Phi) is 3.29. The number of imidazole rings is 1. The smallest absolute Gasteiger partial charge is 0.134 e. The zero-order valence-corrected chi connectivity index (χ0v) is 10.5. The minimum absolute atomic E-state index is 0.132.